The number of hydrogen-bond donors (Lipinski definition) is 1. The van der Waals surface area contributed by atoms with Crippen molar-refractivity contribution in [2.24, 2.45) is 5.92 Å². The van der Waals surface area contributed by atoms with E-state index in [1.807, 2.05) is 0 Å². The number of carbonyl (C=O) groups is 1. The first kappa shape index (κ1) is 15.4. The van der Waals surface area contributed by atoms with E-state index in [0.717, 1.165) is 19.5 Å². The van der Waals surface area contributed by atoms with E-state index in [-0.39, 0.29) is 10.4 Å². The molecule has 5 heteroatoms. The molecule has 1 unspecified atom stereocenters. The standard InChI is InChI=1S/C15H20BrFN2O/c1-10(2)19-7-6-11(9-19)8-18-15(20)12-4-3-5-13(17)14(12)16/h3-5,10-11H,6-9H2,1-2H3,(H,18,20). The van der Waals surface area contributed by atoms with Crippen LogP contribution in [0, 0.1) is 11.7 Å². The normalized spacial score (nSPS) is 19.6. The maximum Gasteiger partial charge on any atom is 0.252 e. The van der Waals surface area contributed by atoms with E-state index in [1.165, 1.54) is 6.07 Å². The summed E-state index contributed by atoms with van der Waals surface area (Å²) in [4.78, 5) is 14.5. The summed E-state index contributed by atoms with van der Waals surface area (Å²) < 4.78 is 13.6. The minimum absolute atomic E-state index is 0.223. The molecule has 3 nitrogen and oxygen atoms in total. The van der Waals surface area contributed by atoms with Crippen LogP contribution in [0.1, 0.15) is 30.6 Å². The van der Waals surface area contributed by atoms with E-state index >= 15 is 0 Å². The molecular weight excluding hydrogens is 323 g/mol. The lowest BCUT2D eigenvalue weighted by atomic mass is 10.1. The van der Waals surface area contributed by atoms with E-state index in [0.29, 0.717) is 24.1 Å². The lowest BCUT2D eigenvalue weighted by Crippen LogP contribution is -2.33. The lowest BCUT2D eigenvalue weighted by molar-refractivity contribution is 0.0946. The summed E-state index contributed by atoms with van der Waals surface area (Å²) in [6.45, 7) is 7.12. The minimum atomic E-state index is -0.413. The Labute approximate surface area is 127 Å². The van der Waals surface area contributed by atoms with Crippen molar-refractivity contribution < 1.29 is 9.18 Å². The fourth-order valence-electron chi connectivity index (χ4n) is 2.51. The Balaban J connectivity index is 1.89. The van der Waals surface area contributed by atoms with Gasteiger partial charge in [-0.15, -0.1) is 0 Å². The molecule has 0 saturated carbocycles. The maximum atomic E-state index is 13.4. The molecule has 0 radical (unpaired) electrons. The monoisotopic (exact) mass is 342 g/mol. The molecule has 1 aromatic rings. The van der Waals surface area contributed by atoms with Crippen molar-refractivity contribution in [1.82, 2.24) is 10.2 Å². The summed E-state index contributed by atoms with van der Waals surface area (Å²) in [7, 11) is 0. The fourth-order valence-corrected chi connectivity index (χ4v) is 2.95. The highest BCUT2D eigenvalue weighted by Crippen LogP contribution is 2.21. The van der Waals surface area contributed by atoms with E-state index in [9.17, 15) is 9.18 Å². The van der Waals surface area contributed by atoms with Crippen LogP contribution in [0.3, 0.4) is 0 Å². The Morgan fingerprint density at radius 1 is 1.55 bits per heavy atom. The summed E-state index contributed by atoms with van der Waals surface area (Å²) in [5, 5.41) is 2.91. The average Bonchev–Trinajstić information content (AvgIpc) is 2.88. The predicted octanol–water partition coefficient (Wildman–Crippen LogP) is 3.05. The minimum Gasteiger partial charge on any atom is -0.352 e. The number of benzene rings is 1. The second-order valence-corrected chi connectivity index (χ2v) is 6.35. The second kappa shape index (κ2) is 6.68. The highest BCUT2D eigenvalue weighted by atomic mass is 79.9. The Hall–Kier alpha value is -0.940. The van der Waals surface area contributed by atoms with Crippen LogP contribution in [0.5, 0.6) is 0 Å². The molecule has 0 spiro atoms. The topological polar surface area (TPSA) is 32.3 Å². The summed E-state index contributed by atoms with van der Waals surface area (Å²) in [5.74, 6) is -0.155. The quantitative estimate of drug-likeness (QED) is 0.911. The number of hydrogen-bond acceptors (Lipinski definition) is 2. The van der Waals surface area contributed by atoms with Gasteiger partial charge in [0.2, 0.25) is 0 Å². The Morgan fingerprint density at radius 3 is 2.95 bits per heavy atom. The van der Waals surface area contributed by atoms with Crippen LogP contribution >= 0.6 is 15.9 Å². The molecule has 110 valence electrons. The Kier molecular flexibility index (Phi) is 5.16. The van der Waals surface area contributed by atoms with Crippen LogP contribution in [0.15, 0.2) is 22.7 Å². The van der Waals surface area contributed by atoms with Gasteiger partial charge in [-0.05, 0) is 60.8 Å². The highest BCUT2D eigenvalue weighted by molar-refractivity contribution is 9.10. The van der Waals surface area contributed by atoms with E-state index in [1.54, 1.807) is 12.1 Å². The molecule has 20 heavy (non-hydrogen) atoms. The maximum absolute atomic E-state index is 13.4. The molecule has 1 N–H and O–H groups in total. The van der Waals surface area contributed by atoms with Crippen LogP contribution in [-0.2, 0) is 0 Å². The van der Waals surface area contributed by atoms with Crippen molar-refractivity contribution in [2.45, 2.75) is 26.3 Å². The third-order valence-electron chi connectivity index (χ3n) is 3.80. The summed E-state index contributed by atoms with van der Waals surface area (Å²) in [5.41, 5.74) is 0.351. The zero-order valence-electron chi connectivity index (χ0n) is 11.8. The molecule has 1 fully saturated rings. The van der Waals surface area contributed by atoms with Crippen molar-refractivity contribution in [3.63, 3.8) is 0 Å². The highest BCUT2D eigenvalue weighted by Gasteiger charge is 2.24. The van der Waals surface area contributed by atoms with Gasteiger partial charge in [0.15, 0.2) is 0 Å². The van der Waals surface area contributed by atoms with Crippen LogP contribution < -0.4 is 5.32 Å². The van der Waals surface area contributed by atoms with E-state index in [4.69, 9.17) is 0 Å². The zero-order valence-corrected chi connectivity index (χ0v) is 13.4. The summed E-state index contributed by atoms with van der Waals surface area (Å²) >= 11 is 3.12. The number of halogens is 2. The van der Waals surface area contributed by atoms with Crippen molar-refractivity contribution >= 4 is 21.8 Å². The van der Waals surface area contributed by atoms with Crippen molar-refractivity contribution in [2.75, 3.05) is 19.6 Å². The molecule has 1 heterocycles. The second-order valence-electron chi connectivity index (χ2n) is 5.55. The summed E-state index contributed by atoms with van der Waals surface area (Å²) in [6, 6.07) is 5.05. The van der Waals surface area contributed by atoms with E-state index < -0.39 is 5.82 Å². The van der Waals surface area contributed by atoms with Gasteiger partial charge in [-0.25, -0.2) is 4.39 Å². The SMILES string of the molecule is CC(C)N1CCC(CNC(=O)c2cccc(F)c2Br)C1. The van der Waals surface area contributed by atoms with Crippen molar-refractivity contribution in [3.05, 3.63) is 34.1 Å². The first-order chi connectivity index (χ1) is 9.49. The smallest absolute Gasteiger partial charge is 0.252 e. The van der Waals surface area contributed by atoms with Crippen LogP contribution in [-0.4, -0.2) is 36.5 Å². The number of likely N-dealkylation sites (tertiary alicyclic amines) is 1. The molecule has 0 aromatic heterocycles. The Morgan fingerprint density at radius 2 is 2.30 bits per heavy atom. The average molecular weight is 343 g/mol. The molecule has 2 rings (SSSR count). The molecule has 1 atom stereocenters. The number of nitrogens with one attached hydrogen (secondary N) is 1. The molecule has 1 amide bonds. The predicted molar refractivity (Wildman–Crippen MR) is 81.2 cm³/mol. The fraction of sp³-hybridized carbons (Fsp3) is 0.533. The Bertz CT molecular complexity index is 493. The molecular formula is C15H20BrFN2O. The van der Waals surface area contributed by atoms with Crippen LogP contribution in [0.25, 0.3) is 0 Å². The van der Waals surface area contributed by atoms with Gasteiger partial charge in [0, 0.05) is 19.1 Å². The third kappa shape index (κ3) is 3.58. The zero-order chi connectivity index (χ0) is 14.7. The van der Waals surface area contributed by atoms with Gasteiger partial charge in [0.1, 0.15) is 5.82 Å². The van der Waals surface area contributed by atoms with Crippen LogP contribution in [0.4, 0.5) is 4.39 Å². The van der Waals surface area contributed by atoms with Gasteiger partial charge >= 0.3 is 0 Å². The number of nitrogens with zero attached hydrogens (tertiary/aromatic N) is 1. The van der Waals surface area contributed by atoms with Gasteiger partial charge < -0.3 is 10.2 Å². The molecule has 1 aliphatic rings. The van der Waals surface area contributed by atoms with Crippen LogP contribution in [0.2, 0.25) is 0 Å². The van der Waals surface area contributed by atoms with Gasteiger partial charge in [-0.2, -0.15) is 0 Å². The van der Waals surface area contributed by atoms with Crippen molar-refractivity contribution in [3.8, 4) is 0 Å². The first-order valence-corrected chi connectivity index (χ1v) is 7.74. The first-order valence-electron chi connectivity index (χ1n) is 6.95. The molecule has 1 aliphatic heterocycles. The van der Waals surface area contributed by atoms with Crippen molar-refractivity contribution in [1.29, 1.82) is 0 Å². The third-order valence-corrected chi connectivity index (χ3v) is 4.60. The van der Waals surface area contributed by atoms with Gasteiger partial charge in [0.25, 0.3) is 5.91 Å². The largest absolute Gasteiger partial charge is 0.352 e. The molecule has 1 saturated heterocycles. The molecule has 0 bridgehead atoms. The molecule has 1 aromatic carbocycles. The number of carbonyl (C=O) groups excluding carboxylic acids is 1. The summed E-state index contributed by atoms with van der Waals surface area (Å²) in [6.07, 6.45) is 1.10. The van der Waals surface area contributed by atoms with Gasteiger partial charge in [-0.3, -0.25) is 4.79 Å². The van der Waals surface area contributed by atoms with E-state index in [2.05, 4.69) is 40.0 Å². The number of rotatable bonds is 4. The lowest BCUT2D eigenvalue weighted by Gasteiger charge is -2.20. The van der Waals surface area contributed by atoms with Gasteiger partial charge in [0.05, 0.1) is 10.0 Å². The number of amides is 1. The van der Waals surface area contributed by atoms with Gasteiger partial charge in [-0.1, -0.05) is 6.07 Å². The molecule has 0 aliphatic carbocycles.